The van der Waals surface area contributed by atoms with E-state index in [9.17, 15) is 5.11 Å². The third-order valence-electron chi connectivity index (χ3n) is 3.18. The average molecular weight is 274 g/mol. The van der Waals surface area contributed by atoms with E-state index < -0.39 is 6.10 Å². The molecule has 1 unspecified atom stereocenters. The molecule has 0 fully saturated rings. The number of aromatic nitrogens is 2. The molecule has 100 valence electrons. The maximum atomic E-state index is 9.78. The fourth-order valence-electron chi connectivity index (χ4n) is 1.80. The Morgan fingerprint density at radius 1 is 1.05 bits per heavy atom. The number of aryl methyl sites for hydroxylation is 2. The Morgan fingerprint density at radius 3 is 2.21 bits per heavy atom. The summed E-state index contributed by atoms with van der Waals surface area (Å²) in [7, 11) is 0. The zero-order valence-corrected chi connectivity index (χ0v) is 12.5. The van der Waals surface area contributed by atoms with Crippen LogP contribution in [0.4, 0.5) is 0 Å². The van der Waals surface area contributed by atoms with E-state index in [1.807, 2.05) is 45.0 Å². The van der Waals surface area contributed by atoms with E-state index in [4.69, 9.17) is 0 Å². The van der Waals surface area contributed by atoms with Gasteiger partial charge in [-0.3, -0.25) is 0 Å². The van der Waals surface area contributed by atoms with Crippen LogP contribution in [0.3, 0.4) is 0 Å². The fraction of sp³-hybridized carbons (Fsp3) is 0.333. The molecule has 1 atom stereocenters. The molecule has 2 aromatic rings. The van der Waals surface area contributed by atoms with E-state index in [1.165, 1.54) is 11.8 Å². The summed E-state index contributed by atoms with van der Waals surface area (Å²) in [5, 5.41) is 10.5. The Kier molecular flexibility index (Phi) is 4.22. The van der Waals surface area contributed by atoms with E-state index in [-0.39, 0.29) is 0 Å². The van der Waals surface area contributed by atoms with E-state index >= 15 is 0 Å². The molecule has 0 radical (unpaired) electrons. The molecule has 1 N–H and O–H groups in total. The third-order valence-corrected chi connectivity index (χ3v) is 4.14. The van der Waals surface area contributed by atoms with Crippen LogP contribution in [0.2, 0.25) is 0 Å². The van der Waals surface area contributed by atoms with Crippen molar-refractivity contribution in [1.29, 1.82) is 0 Å². The molecular formula is C15H18N2OS. The topological polar surface area (TPSA) is 46.0 Å². The Balaban J connectivity index is 2.37. The number of aliphatic hydroxyl groups is 1. The standard InChI is InChI=1S/C15H18N2OS/c1-9-10(2)16-15(17-11(9)3)19-14-8-6-5-7-13(14)12(4)18/h5-8,12,18H,1-4H3. The molecule has 0 aliphatic rings. The lowest BCUT2D eigenvalue weighted by Crippen LogP contribution is -1.99. The van der Waals surface area contributed by atoms with Crippen LogP contribution in [-0.2, 0) is 0 Å². The van der Waals surface area contributed by atoms with Gasteiger partial charge >= 0.3 is 0 Å². The molecule has 0 saturated heterocycles. The van der Waals surface area contributed by atoms with Crippen LogP contribution in [0.25, 0.3) is 0 Å². The summed E-state index contributed by atoms with van der Waals surface area (Å²) in [5.74, 6) is 0. The fourth-order valence-corrected chi connectivity index (χ4v) is 2.87. The van der Waals surface area contributed by atoms with Gasteiger partial charge in [0.05, 0.1) is 6.10 Å². The average Bonchev–Trinajstić information content (AvgIpc) is 2.36. The minimum absolute atomic E-state index is 0.489. The molecule has 1 heterocycles. The van der Waals surface area contributed by atoms with E-state index in [2.05, 4.69) is 9.97 Å². The van der Waals surface area contributed by atoms with Crippen LogP contribution in [-0.4, -0.2) is 15.1 Å². The molecule has 1 aromatic heterocycles. The largest absolute Gasteiger partial charge is 0.389 e. The highest BCUT2D eigenvalue weighted by atomic mass is 32.2. The lowest BCUT2D eigenvalue weighted by atomic mass is 10.1. The predicted octanol–water partition coefficient (Wildman–Crippen LogP) is 3.61. The predicted molar refractivity (Wildman–Crippen MR) is 77.4 cm³/mol. The van der Waals surface area contributed by atoms with Crippen molar-refractivity contribution in [3.63, 3.8) is 0 Å². The van der Waals surface area contributed by atoms with Gasteiger partial charge in [-0.25, -0.2) is 9.97 Å². The maximum absolute atomic E-state index is 9.78. The highest BCUT2D eigenvalue weighted by Crippen LogP contribution is 2.31. The second-order valence-electron chi connectivity index (χ2n) is 4.62. The van der Waals surface area contributed by atoms with Gasteiger partial charge in [-0.05, 0) is 56.7 Å². The van der Waals surface area contributed by atoms with Crippen molar-refractivity contribution in [1.82, 2.24) is 9.97 Å². The molecule has 3 nitrogen and oxygen atoms in total. The van der Waals surface area contributed by atoms with Crippen molar-refractivity contribution >= 4 is 11.8 Å². The van der Waals surface area contributed by atoms with Gasteiger partial charge in [-0.15, -0.1) is 0 Å². The lowest BCUT2D eigenvalue weighted by molar-refractivity contribution is 0.196. The highest BCUT2D eigenvalue weighted by Gasteiger charge is 2.11. The summed E-state index contributed by atoms with van der Waals surface area (Å²) in [4.78, 5) is 10.00. The number of aliphatic hydroxyl groups excluding tert-OH is 1. The molecule has 0 spiro atoms. The second kappa shape index (κ2) is 5.72. The third kappa shape index (κ3) is 3.14. The molecule has 1 aromatic carbocycles. The van der Waals surface area contributed by atoms with Gasteiger partial charge in [0.1, 0.15) is 0 Å². The zero-order valence-electron chi connectivity index (χ0n) is 11.6. The van der Waals surface area contributed by atoms with Gasteiger partial charge in [-0.1, -0.05) is 18.2 Å². The molecule has 0 amide bonds. The number of hydrogen-bond acceptors (Lipinski definition) is 4. The van der Waals surface area contributed by atoms with Gasteiger partial charge in [0.15, 0.2) is 5.16 Å². The van der Waals surface area contributed by atoms with Gasteiger partial charge in [0.25, 0.3) is 0 Å². The van der Waals surface area contributed by atoms with Gasteiger partial charge < -0.3 is 5.11 Å². The van der Waals surface area contributed by atoms with Crippen molar-refractivity contribution in [2.24, 2.45) is 0 Å². The van der Waals surface area contributed by atoms with E-state index in [0.29, 0.717) is 0 Å². The normalized spacial score (nSPS) is 12.5. The van der Waals surface area contributed by atoms with Crippen LogP contribution in [0.1, 0.15) is 35.5 Å². The first-order valence-corrected chi connectivity index (χ1v) is 7.07. The summed E-state index contributed by atoms with van der Waals surface area (Å²) in [6.07, 6.45) is -0.489. The monoisotopic (exact) mass is 274 g/mol. The summed E-state index contributed by atoms with van der Waals surface area (Å²) in [6.45, 7) is 7.79. The van der Waals surface area contributed by atoms with E-state index in [0.717, 1.165) is 32.6 Å². The van der Waals surface area contributed by atoms with Crippen molar-refractivity contribution in [3.05, 3.63) is 46.8 Å². The lowest BCUT2D eigenvalue weighted by Gasteiger charge is -2.11. The van der Waals surface area contributed by atoms with Crippen molar-refractivity contribution in [2.75, 3.05) is 0 Å². The smallest absolute Gasteiger partial charge is 0.192 e. The van der Waals surface area contributed by atoms with Crippen LogP contribution in [0.5, 0.6) is 0 Å². The highest BCUT2D eigenvalue weighted by molar-refractivity contribution is 7.99. The Labute approximate surface area is 118 Å². The summed E-state index contributed by atoms with van der Waals surface area (Å²) in [5.41, 5.74) is 4.05. The summed E-state index contributed by atoms with van der Waals surface area (Å²) >= 11 is 1.50. The first kappa shape index (κ1) is 14.0. The Bertz CT molecular complexity index is 573. The minimum Gasteiger partial charge on any atom is -0.389 e. The molecule has 0 bridgehead atoms. The number of hydrogen-bond donors (Lipinski definition) is 1. The quantitative estimate of drug-likeness (QED) is 0.869. The number of rotatable bonds is 3. The first-order valence-electron chi connectivity index (χ1n) is 6.25. The molecular weight excluding hydrogens is 256 g/mol. The van der Waals surface area contributed by atoms with Crippen LogP contribution in [0.15, 0.2) is 34.3 Å². The number of nitrogens with zero attached hydrogens (tertiary/aromatic N) is 2. The van der Waals surface area contributed by atoms with E-state index in [1.54, 1.807) is 6.92 Å². The number of benzene rings is 1. The van der Waals surface area contributed by atoms with Crippen molar-refractivity contribution in [3.8, 4) is 0 Å². The maximum Gasteiger partial charge on any atom is 0.192 e. The summed E-state index contributed by atoms with van der Waals surface area (Å²) in [6, 6.07) is 7.81. The Hall–Kier alpha value is -1.39. The molecule has 2 rings (SSSR count). The molecule has 0 saturated carbocycles. The van der Waals surface area contributed by atoms with Gasteiger partial charge in [-0.2, -0.15) is 0 Å². The molecule has 4 heteroatoms. The Morgan fingerprint density at radius 2 is 1.63 bits per heavy atom. The van der Waals surface area contributed by atoms with Gasteiger partial charge in [0.2, 0.25) is 0 Å². The zero-order chi connectivity index (χ0) is 14.0. The minimum atomic E-state index is -0.489. The van der Waals surface area contributed by atoms with Crippen molar-refractivity contribution in [2.45, 2.75) is 43.9 Å². The second-order valence-corrected chi connectivity index (χ2v) is 5.63. The van der Waals surface area contributed by atoms with Gasteiger partial charge in [0, 0.05) is 16.3 Å². The molecule has 0 aliphatic heterocycles. The van der Waals surface area contributed by atoms with Crippen LogP contribution >= 0.6 is 11.8 Å². The van der Waals surface area contributed by atoms with Crippen molar-refractivity contribution < 1.29 is 5.11 Å². The SMILES string of the molecule is Cc1nc(Sc2ccccc2C(C)O)nc(C)c1C. The van der Waals surface area contributed by atoms with Crippen LogP contribution in [0, 0.1) is 20.8 Å². The molecule has 19 heavy (non-hydrogen) atoms. The summed E-state index contributed by atoms with van der Waals surface area (Å²) < 4.78 is 0. The molecule has 0 aliphatic carbocycles. The first-order chi connectivity index (χ1) is 8.99. The van der Waals surface area contributed by atoms with Crippen LogP contribution < -0.4 is 0 Å².